The van der Waals surface area contributed by atoms with Crippen LogP contribution in [0.3, 0.4) is 0 Å². The van der Waals surface area contributed by atoms with E-state index in [9.17, 15) is 13.2 Å². The zero-order valence-corrected chi connectivity index (χ0v) is 13.5. The van der Waals surface area contributed by atoms with E-state index in [1.807, 2.05) is 0 Å². The Bertz CT molecular complexity index is 1080. The van der Waals surface area contributed by atoms with E-state index >= 15 is 0 Å². The summed E-state index contributed by atoms with van der Waals surface area (Å²) in [6.45, 7) is -0.322. The van der Waals surface area contributed by atoms with Crippen molar-refractivity contribution in [3.8, 4) is 0 Å². The third kappa shape index (κ3) is 2.19. The smallest absolute Gasteiger partial charge is 0.306 e. The van der Waals surface area contributed by atoms with Gasteiger partial charge in [-0.2, -0.15) is 9.61 Å². The molecular formula is C13H9ClN6O3S. The van der Waals surface area contributed by atoms with Crippen LogP contribution < -0.4 is 5.32 Å². The fourth-order valence-electron chi connectivity index (χ4n) is 2.40. The van der Waals surface area contributed by atoms with Crippen molar-refractivity contribution < 1.29 is 13.2 Å². The Labute approximate surface area is 140 Å². The number of amides is 2. The molecule has 0 saturated carbocycles. The molecule has 0 atom stereocenters. The van der Waals surface area contributed by atoms with Crippen LogP contribution in [0.5, 0.6) is 0 Å². The van der Waals surface area contributed by atoms with E-state index in [-0.39, 0.29) is 28.1 Å². The highest BCUT2D eigenvalue weighted by Gasteiger charge is 2.37. The first-order valence-electron chi connectivity index (χ1n) is 6.76. The summed E-state index contributed by atoms with van der Waals surface area (Å²) in [6.07, 6.45) is 0. The summed E-state index contributed by atoms with van der Waals surface area (Å²) in [6, 6.07) is 8.53. The van der Waals surface area contributed by atoms with Gasteiger partial charge in [0.2, 0.25) is 0 Å². The molecule has 11 heteroatoms. The van der Waals surface area contributed by atoms with Crippen LogP contribution in [0.15, 0.2) is 41.3 Å². The number of benzene rings is 1. The topological polar surface area (TPSA) is 110 Å². The Kier molecular flexibility index (Phi) is 3.18. The molecule has 0 aliphatic carbocycles. The molecule has 0 bridgehead atoms. The summed E-state index contributed by atoms with van der Waals surface area (Å²) >= 11 is 5.84. The Balaban J connectivity index is 1.79. The van der Waals surface area contributed by atoms with Gasteiger partial charge in [0.15, 0.2) is 11.5 Å². The number of fused-ring (bicyclic) bond motifs is 2. The van der Waals surface area contributed by atoms with Crippen LogP contribution in [0.4, 0.5) is 10.5 Å². The van der Waals surface area contributed by atoms with Crippen molar-refractivity contribution in [2.45, 2.75) is 11.4 Å². The number of nitrogens with zero attached hydrogens (tertiary/aromatic N) is 5. The lowest BCUT2D eigenvalue weighted by molar-refractivity contribution is 0.232. The number of hydrogen-bond donors (Lipinski definition) is 1. The van der Waals surface area contributed by atoms with Gasteiger partial charge in [0.25, 0.3) is 10.0 Å². The van der Waals surface area contributed by atoms with E-state index in [1.54, 1.807) is 18.2 Å². The maximum atomic E-state index is 12.7. The van der Waals surface area contributed by atoms with E-state index < -0.39 is 16.1 Å². The minimum absolute atomic E-state index is 0.0180. The summed E-state index contributed by atoms with van der Waals surface area (Å²) in [5.74, 6) is 0.172. The van der Waals surface area contributed by atoms with Crippen molar-refractivity contribution in [3.63, 3.8) is 0 Å². The van der Waals surface area contributed by atoms with Crippen LogP contribution in [-0.4, -0.2) is 38.6 Å². The zero-order valence-electron chi connectivity index (χ0n) is 11.9. The minimum Gasteiger partial charge on any atom is -0.306 e. The molecule has 9 nitrogen and oxygen atoms in total. The predicted molar refractivity (Wildman–Crippen MR) is 84.0 cm³/mol. The van der Waals surface area contributed by atoms with Crippen molar-refractivity contribution in [3.05, 3.63) is 47.4 Å². The predicted octanol–water partition coefficient (Wildman–Crippen LogP) is 1.51. The molecule has 3 heterocycles. The number of carbonyl (C=O) groups excluding carboxylic acids is 1. The van der Waals surface area contributed by atoms with Crippen LogP contribution in [0.2, 0.25) is 5.15 Å². The number of carbonyl (C=O) groups is 1. The quantitative estimate of drug-likeness (QED) is 0.738. The second-order valence-corrected chi connectivity index (χ2v) is 7.20. The lowest BCUT2D eigenvalue weighted by Gasteiger charge is -2.27. The molecule has 3 aromatic rings. The maximum Gasteiger partial charge on any atom is 0.336 e. The van der Waals surface area contributed by atoms with E-state index in [0.29, 0.717) is 9.95 Å². The third-order valence-corrected chi connectivity index (χ3v) is 5.49. The van der Waals surface area contributed by atoms with Crippen LogP contribution in [-0.2, 0) is 16.6 Å². The van der Waals surface area contributed by atoms with Crippen LogP contribution in [0, 0.1) is 0 Å². The van der Waals surface area contributed by atoms with E-state index in [2.05, 4.69) is 20.6 Å². The fraction of sp³-hybridized carbons (Fsp3) is 0.0769. The third-order valence-electron chi connectivity index (χ3n) is 3.50. The summed E-state index contributed by atoms with van der Waals surface area (Å²) in [7, 11) is -4.01. The first-order valence-corrected chi connectivity index (χ1v) is 8.58. The fourth-order valence-corrected chi connectivity index (χ4v) is 3.97. The van der Waals surface area contributed by atoms with E-state index in [4.69, 9.17) is 11.6 Å². The molecule has 0 saturated heterocycles. The standard InChI is InChI=1S/C13H9ClN6O3S/c14-10-5-6-11-16-17-12(20(11)18-10)7-19-13(21)15-8-3-1-2-4-9(8)24(19,22)23/h1-6H,7H2,(H,15,21). The minimum atomic E-state index is -4.01. The molecule has 1 aliphatic heterocycles. The van der Waals surface area contributed by atoms with E-state index in [0.717, 1.165) is 0 Å². The summed E-state index contributed by atoms with van der Waals surface area (Å²) in [5, 5.41) is 14.5. The first kappa shape index (κ1) is 14.8. The molecule has 1 N–H and O–H groups in total. The molecule has 1 aliphatic rings. The van der Waals surface area contributed by atoms with Gasteiger partial charge in [0, 0.05) is 0 Å². The molecule has 0 radical (unpaired) electrons. The van der Waals surface area contributed by atoms with Gasteiger partial charge in [0.05, 0.1) is 5.69 Å². The van der Waals surface area contributed by atoms with Crippen molar-refractivity contribution in [1.82, 2.24) is 24.1 Å². The van der Waals surface area contributed by atoms with E-state index in [1.165, 1.54) is 22.7 Å². The molecule has 122 valence electrons. The largest absolute Gasteiger partial charge is 0.336 e. The van der Waals surface area contributed by atoms with Gasteiger partial charge in [-0.05, 0) is 24.3 Å². The number of aromatic nitrogens is 4. The van der Waals surface area contributed by atoms with Crippen LogP contribution in [0.1, 0.15) is 5.82 Å². The van der Waals surface area contributed by atoms with Gasteiger partial charge < -0.3 is 5.32 Å². The second-order valence-electron chi connectivity index (χ2n) is 4.98. The number of rotatable bonds is 2. The highest BCUT2D eigenvalue weighted by Crippen LogP contribution is 2.30. The molecule has 2 aromatic heterocycles. The number of halogens is 1. The number of nitrogens with one attached hydrogen (secondary N) is 1. The molecule has 24 heavy (non-hydrogen) atoms. The molecular weight excluding hydrogens is 356 g/mol. The number of hydrogen-bond acceptors (Lipinski definition) is 6. The van der Waals surface area contributed by atoms with Gasteiger partial charge in [-0.1, -0.05) is 23.7 Å². The van der Waals surface area contributed by atoms with Gasteiger partial charge in [-0.15, -0.1) is 10.2 Å². The highest BCUT2D eigenvalue weighted by atomic mass is 35.5. The summed E-state index contributed by atoms with van der Waals surface area (Å²) in [5.41, 5.74) is 0.635. The SMILES string of the molecule is O=C1Nc2ccccc2S(=O)(=O)N1Cc1nnc2ccc(Cl)nn12. The molecule has 2 amide bonds. The highest BCUT2D eigenvalue weighted by molar-refractivity contribution is 7.90. The van der Waals surface area contributed by atoms with Gasteiger partial charge in [-0.3, -0.25) is 0 Å². The number of urea groups is 1. The second kappa shape index (κ2) is 5.14. The maximum absolute atomic E-state index is 12.7. The van der Waals surface area contributed by atoms with Crippen LogP contribution in [0.25, 0.3) is 5.65 Å². The van der Waals surface area contributed by atoms with Crippen molar-refractivity contribution >= 4 is 39.0 Å². The number of anilines is 1. The monoisotopic (exact) mass is 364 g/mol. The molecule has 0 fully saturated rings. The molecule has 4 rings (SSSR count). The number of sulfonamides is 1. The Morgan fingerprint density at radius 1 is 1.12 bits per heavy atom. The normalized spacial score (nSPS) is 16.0. The van der Waals surface area contributed by atoms with Gasteiger partial charge in [0.1, 0.15) is 16.6 Å². The number of para-hydroxylation sites is 1. The van der Waals surface area contributed by atoms with Crippen molar-refractivity contribution in [2.75, 3.05) is 5.32 Å². The lowest BCUT2D eigenvalue weighted by Crippen LogP contribution is -2.43. The average Bonchev–Trinajstić information content (AvgIpc) is 2.93. The first-order chi connectivity index (χ1) is 11.5. The Morgan fingerprint density at radius 2 is 1.92 bits per heavy atom. The molecule has 0 unspecified atom stereocenters. The lowest BCUT2D eigenvalue weighted by atomic mass is 10.3. The summed E-state index contributed by atoms with van der Waals surface area (Å²) in [4.78, 5) is 12.3. The molecule has 1 aromatic carbocycles. The van der Waals surface area contributed by atoms with Crippen molar-refractivity contribution in [2.24, 2.45) is 0 Å². The zero-order chi connectivity index (χ0) is 16.9. The van der Waals surface area contributed by atoms with Gasteiger partial charge >= 0.3 is 6.03 Å². The Hall–Kier alpha value is -2.72. The Morgan fingerprint density at radius 3 is 2.75 bits per heavy atom. The van der Waals surface area contributed by atoms with Crippen LogP contribution >= 0.6 is 11.6 Å². The van der Waals surface area contributed by atoms with Crippen molar-refractivity contribution in [1.29, 1.82) is 0 Å². The van der Waals surface area contributed by atoms with Gasteiger partial charge in [-0.25, -0.2) is 17.5 Å². The summed E-state index contributed by atoms with van der Waals surface area (Å²) < 4.78 is 27.4. The average molecular weight is 365 g/mol. The molecule has 0 spiro atoms.